The van der Waals surface area contributed by atoms with E-state index in [1.807, 2.05) is 41.4 Å². The minimum atomic E-state index is -0.842. The molecule has 1 N–H and O–H groups in total. The molecule has 1 aliphatic heterocycles. The van der Waals surface area contributed by atoms with Crippen LogP contribution in [0.3, 0.4) is 0 Å². The van der Waals surface area contributed by atoms with Gasteiger partial charge in [0.1, 0.15) is 6.04 Å². The van der Waals surface area contributed by atoms with Gasteiger partial charge in [-0.3, -0.25) is 9.69 Å². The Morgan fingerprint density at radius 2 is 2.19 bits per heavy atom. The maximum absolute atomic E-state index is 11.2. The van der Waals surface area contributed by atoms with Crippen molar-refractivity contribution < 1.29 is 14.6 Å². The topological polar surface area (TPSA) is 67.6 Å². The molecular weight excluding hydrogens is 270 g/mol. The van der Waals surface area contributed by atoms with Gasteiger partial charge in [0.25, 0.3) is 0 Å². The zero-order chi connectivity index (χ0) is 14.7. The number of rotatable bonds is 4. The molecule has 1 atom stereocenters. The van der Waals surface area contributed by atoms with Crippen molar-refractivity contribution in [2.75, 3.05) is 19.8 Å². The Balaban J connectivity index is 1.73. The van der Waals surface area contributed by atoms with E-state index in [1.165, 1.54) is 0 Å². The first-order chi connectivity index (χ1) is 10.2. The molecule has 1 unspecified atom stereocenters. The van der Waals surface area contributed by atoms with Gasteiger partial charge in [-0.1, -0.05) is 18.2 Å². The predicted octanol–water partition coefficient (Wildman–Crippen LogP) is 1.16. The summed E-state index contributed by atoms with van der Waals surface area (Å²) in [6.45, 7) is 1.99. The predicted molar refractivity (Wildman–Crippen MR) is 76.2 cm³/mol. The Bertz CT molecular complexity index is 612. The second-order valence-electron chi connectivity index (χ2n) is 5.03. The number of ether oxygens (including phenoxy) is 1. The molecule has 0 amide bonds. The first-order valence-electron chi connectivity index (χ1n) is 6.87. The van der Waals surface area contributed by atoms with Crippen LogP contribution in [0.1, 0.15) is 5.56 Å². The van der Waals surface area contributed by atoms with Gasteiger partial charge >= 0.3 is 5.97 Å². The van der Waals surface area contributed by atoms with E-state index in [-0.39, 0.29) is 6.61 Å². The van der Waals surface area contributed by atoms with Gasteiger partial charge in [0.05, 0.1) is 25.1 Å². The molecule has 2 heterocycles. The number of para-hydroxylation sites is 1. The van der Waals surface area contributed by atoms with E-state index < -0.39 is 12.0 Å². The fraction of sp³-hybridized carbons (Fsp3) is 0.333. The van der Waals surface area contributed by atoms with Crippen molar-refractivity contribution in [3.05, 3.63) is 48.3 Å². The monoisotopic (exact) mass is 287 g/mol. The maximum atomic E-state index is 11.2. The highest BCUT2D eigenvalue weighted by Gasteiger charge is 2.29. The van der Waals surface area contributed by atoms with E-state index in [9.17, 15) is 9.90 Å². The number of carboxylic acid groups (broad SMARTS) is 1. The molecule has 0 bridgehead atoms. The lowest BCUT2D eigenvalue weighted by molar-refractivity contribution is -0.150. The van der Waals surface area contributed by atoms with Crippen molar-refractivity contribution in [2.24, 2.45) is 0 Å². The average molecular weight is 287 g/mol. The molecule has 2 aromatic rings. The molecule has 3 rings (SSSR count). The summed E-state index contributed by atoms with van der Waals surface area (Å²) in [7, 11) is 0. The fourth-order valence-electron chi connectivity index (χ4n) is 2.45. The first-order valence-corrected chi connectivity index (χ1v) is 6.87. The van der Waals surface area contributed by atoms with Gasteiger partial charge < -0.3 is 9.84 Å². The van der Waals surface area contributed by atoms with Gasteiger partial charge in [0, 0.05) is 24.8 Å². The number of carbonyl (C=O) groups is 1. The summed E-state index contributed by atoms with van der Waals surface area (Å²) in [5.74, 6) is -0.842. The number of aromatic nitrogens is 2. The number of hydrogen-bond acceptors (Lipinski definition) is 4. The molecule has 6 heteroatoms. The molecular formula is C15H17N3O3. The lowest BCUT2D eigenvalue weighted by Gasteiger charge is -2.32. The molecule has 110 valence electrons. The molecule has 1 aromatic carbocycles. The smallest absolute Gasteiger partial charge is 0.323 e. The highest BCUT2D eigenvalue weighted by molar-refractivity contribution is 5.73. The summed E-state index contributed by atoms with van der Waals surface area (Å²) < 4.78 is 7.04. The molecule has 0 aliphatic carbocycles. The van der Waals surface area contributed by atoms with Crippen LogP contribution in [-0.4, -0.2) is 51.6 Å². The van der Waals surface area contributed by atoms with Gasteiger partial charge in [-0.05, 0) is 12.1 Å². The molecule has 1 aliphatic rings. The quantitative estimate of drug-likeness (QED) is 0.914. The molecule has 1 saturated heterocycles. The van der Waals surface area contributed by atoms with E-state index >= 15 is 0 Å². The van der Waals surface area contributed by atoms with E-state index in [0.717, 1.165) is 11.3 Å². The van der Waals surface area contributed by atoms with Gasteiger partial charge in [-0.25, -0.2) is 4.68 Å². The Morgan fingerprint density at radius 1 is 1.38 bits per heavy atom. The second-order valence-corrected chi connectivity index (χ2v) is 5.03. The molecule has 21 heavy (non-hydrogen) atoms. The zero-order valence-corrected chi connectivity index (χ0v) is 11.6. The summed E-state index contributed by atoms with van der Waals surface area (Å²) in [6.07, 6.45) is 3.71. The third kappa shape index (κ3) is 3.12. The Morgan fingerprint density at radius 3 is 2.95 bits per heavy atom. The van der Waals surface area contributed by atoms with E-state index in [0.29, 0.717) is 19.7 Å². The number of carboxylic acids is 1. The third-order valence-electron chi connectivity index (χ3n) is 3.57. The van der Waals surface area contributed by atoms with Crippen LogP contribution in [0.15, 0.2) is 42.7 Å². The van der Waals surface area contributed by atoms with Crippen LogP contribution < -0.4 is 0 Å². The SMILES string of the molecule is O=C(O)C1COCCN1Cc1cnn(-c2ccccc2)c1. The third-order valence-corrected chi connectivity index (χ3v) is 3.57. The summed E-state index contributed by atoms with van der Waals surface area (Å²) in [5.41, 5.74) is 1.98. The van der Waals surface area contributed by atoms with Crippen LogP contribution in [0.5, 0.6) is 0 Å². The van der Waals surface area contributed by atoms with Crippen molar-refractivity contribution in [3.63, 3.8) is 0 Å². The van der Waals surface area contributed by atoms with Gasteiger partial charge in [0.2, 0.25) is 0 Å². The Labute approximate surface area is 122 Å². The lowest BCUT2D eigenvalue weighted by atomic mass is 10.2. The number of hydrogen-bond donors (Lipinski definition) is 1. The van der Waals surface area contributed by atoms with Crippen LogP contribution >= 0.6 is 0 Å². The van der Waals surface area contributed by atoms with Gasteiger partial charge in [-0.15, -0.1) is 0 Å². The van der Waals surface area contributed by atoms with Crippen molar-refractivity contribution in [1.29, 1.82) is 0 Å². The summed E-state index contributed by atoms with van der Waals surface area (Å²) in [4.78, 5) is 13.2. The van der Waals surface area contributed by atoms with Crippen molar-refractivity contribution in [1.82, 2.24) is 14.7 Å². The van der Waals surface area contributed by atoms with Gasteiger partial charge in [0.15, 0.2) is 0 Å². The van der Waals surface area contributed by atoms with E-state index in [2.05, 4.69) is 5.10 Å². The van der Waals surface area contributed by atoms with Gasteiger partial charge in [-0.2, -0.15) is 5.10 Å². The standard InChI is InChI=1S/C15H17N3O3/c19-15(20)14-11-21-7-6-17(14)9-12-8-16-18(10-12)13-4-2-1-3-5-13/h1-5,8,10,14H,6-7,9,11H2,(H,19,20). The van der Waals surface area contributed by atoms with Crippen molar-refractivity contribution >= 4 is 5.97 Å². The van der Waals surface area contributed by atoms with Crippen molar-refractivity contribution in [3.8, 4) is 5.69 Å². The van der Waals surface area contributed by atoms with E-state index in [1.54, 1.807) is 10.9 Å². The average Bonchev–Trinajstić information content (AvgIpc) is 2.97. The molecule has 6 nitrogen and oxygen atoms in total. The summed E-state index contributed by atoms with van der Waals surface area (Å²) in [6, 6.07) is 9.24. The number of morpholine rings is 1. The summed E-state index contributed by atoms with van der Waals surface area (Å²) in [5, 5.41) is 13.6. The highest BCUT2D eigenvalue weighted by Crippen LogP contribution is 2.14. The maximum Gasteiger partial charge on any atom is 0.323 e. The largest absolute Gasteiger partial charge is 0.480 e. The Kier molecular flexibility index (Phi) is 3.98. The lowest BCUT2D eigenvalue weighted by Crippen LogP contribution is -2.49. The van der Waals surface area contributed by atoms with Crippen LogP contribution in [0.25, 0.3) is 5.69 Å². The highest BCUT2D eigenvalue weighted by atomic mass is 16.5. The molecule has 0 radical (unpaired) electrons. The zero-order valence-electron chi connectivity index (χ0n) is 11.6. The normalized spacial score (nSPS) is 19.5. The fourth-order valence-corrected chi connectivity index (χ4v) is 2.45. The second kappa shape index (κ2) is 6.07. The minimum Gasteiger partial charge on any atom is -0.480 e. The van der Waals surface area contributed by atoms with Crippen LogP contribution in [-0.2, 0) is 16.1 Å². The number of aliphatic carboxylic acids is 1. The number of nitrogens with zero attached hydrogens (tertiary/aromatic N) is 3. The number of benzene rings is 1. The first kappa shape index (κ1) is 13.8. The van der Waals surface area contributed by atoms with Crippen LogP contribution in [0.4, 0.5) is 0 Å². The minimum absolute atomic E-state index is 0.238. The Hall–Kier alpha value is -2.18. The summed E-state index contributed by atoms with van der Waals surface area (Å²) >= 11 is 0. The molecule has 0 spiro atoms. The molecule has 1 aromatic heterocycles. The van der Waals surface area contributed by atoms with Crippen LogP contribution in [0, 0.1) is 0 Å². The van der Waals surface area contributed by atoms with Crippen molar-refractivity contribution in [2.45, 2.75) is 12.6 Å². The van der Waals surface area contributed by atoms with Crippen LogP contribution in [0.2, 0.25) is 0 Å². The molecule has 0 saturated carbocycles. The molecule has 1 fully saturated rings. The van der Waals surface area contributed by atoms with E-state index in [4.69, 9.17) is 4.74 Å².